The number of carbonyl (C=O) groups excluding carboxylic acids is 4. The maximum atomic E-state index is 14.1. The van der Waals surface area contributed by atoms with Crippen molar-refractivity contribution in [2.24, 2.45) is 5.73 Å². The molecule has 1 heterocycles. The van der Waals surface area contributed by atoms with E-state index in [2.05, 4.69) is 26.3 Å². The van der Waals surface area contributed by atoms with Crippen molar-refractivity contribution < 1.29 is 39.3 Å². The van der Waals surface area contributed by atoms with Gasteiger partial charge in [-0.15, -0.1) is 0 Å². The molecule has 286 valence electrons. The van der Waals surface area contributed by atoms with Gasteiger partial charge < -0.3 is 47.3 Å². The highest BCUT2D eigenvalue weighted by atomic mass is 16.4. The molecule has 14 heteroatoms. The second kappa shape index (κ2) is 18.4. The van der Waals surface area contributed by atoms with Crippen LogP contribution in [0.5, 0.6) is 11.5 Å². The van der Waals surface area contributed by atoms with Crippen molar-refractivity contribution in [3.8, 4) is 11.5 Å². The number of carboxylic acids is 1. The molecule has 5 rings (SSSR count). The molecule has 0 saturated heterocycles. The first-order valence-electron chi connectivity index (χ1n) is 17.7. The molecule has 0 aliphatic carbocycles. The number of aromatic amines is 1. The number of carbonyl (C=O) groups is 5. The van der Waals surface area contributed by atoms with Gasteiger partial charge in [0.25, 0.3) is 0 Å². The van der Waals surface area contributed by atoms with Crippen molar-refractivity contribution >= 4 is 40.5 Å². The summed E-state index contributed by atoms with van der Waals surface area (Å²) in [7, 11) is 0. The van der Waals surface area contributed by atoms with Crippen LogP contribution in [0.2, 0.25) is 0 Å². The Bertz CT molecular complexity index is 2100. The van der Waals surface area contributed by atoms with E-state index in [-0.39, 0.29) is 37.2 Å². The standard InChI is InChI=1S/C41H44N6O8/c1-24(37(50)47-36(41(54)55)21-27-13-17-30(49)18-14-27)44-39(52)35(22-28-23-43-33-10-6-5-9-31(28)33)46-40(53)34(20-26-11-15-29(48)16-12-26)45-38(51)32(42)19-25-7-3-2-4-8-25/h2-18,23-24,32,34-36,43,48-49H,19-22,42H2,1H3,(H,44,52)(H,45,51)(H,46,53)(H,47,50)(H,54,55)/t24-,32-,34-,35-,36-/m0/s1. The van der Waals surface area contributed by atoms with E-state index in [0.717, 1.165) is 16.5 Å². The fourth-order valence-electron chi connectivity index (χ4n) is 6.06. The number of H-pyrrole nitrogens is 1. The van der Waals surface area contributed by atoms with E-state index in [1.165, 1.54) is 43.3 Å². The molecule has 0 saturated carbocycles. The minimum Gasteiger partial charge on any atom is -0.508 e. The lowest BCUT2D eigenvalue weighted by Crippen LogP contribution is -2.59. The van der Waals surface area contributed by atoms with Crippen molar-refractivity contribution in [3.63, 3.8) is 0 Å². The number of nitrogens with two attached hydrogens (primary N) is 1. The quantitative estimate of drug-likeness (QED) is 0.0677. The summed E-state index contributed by atoms with van der Waals surface area (Å²) >= 11 is 0. The van der Waals surface area contributed by atoms with Gasteiger partial charge in [-0.3, -0.25) is 19.2 Å². The number of benzene rings is 4. The van der Waals surface area contributed by atoms with Gasteiger partial charge in [-0.2, -0.15) is 0 Å². The number of amides is 4. The molecule has 0 aliphatic rings. The Morgan fingerprint density at radius 2 is 1.07 bits per heavy atom. The average Bonchev–Trinajstić information content (AvgIpc) is 3.58. The van der Waals surface area contributed by atoms with Crippen LogP contribution in [0, 0.1) is 0 Å². The lowest BCUT2D eigenvalue weighted by Gasteiger charge is -2.26. The van der Waals surface area contributed by atoms with Crippen LogP contribution in [0.15, 0.2) is 109 Å². The molecule has 5 atom stereocenters. The number of fused-ring (bicyclic) bond motifs is 1. The fourth-order valence-corrected chi connectivity index (χ4v) is 6.06. The number of carboxylic acid groups (broad SMARTS) is 1. The molecule has 10 N–H and O–H groups in total. The van der Waals surface area contributed by atoms with E-state index >= 15 is 0 Å². The first kappa shape index (κ1) is 39.5. The van der Waals surface area contributed by atoms with Crippen LogP contribution in [-0.2, 0) is 49.7 Å². The lowest BCUT2D eigenvalue weighted by molar-refractivity contribution is -0.142. The normalized spacial score (nSPS) is 13.8. The van der Waals surface area contributed by atoms with Gasteiger partial charge in [-0.1, -0.05) is 72.8 Å². The third-order valence-electron chi connectivity index (χ3n) is 9.12. The first-order valence-corrected chi connectivity index (χ1v) is 17.7. The van der Waals surface area contributed by atoms with Crippen LogP contribution >= 0.6 is 0 Å². The lowest BCUT2D eigenvalue weighted by atomic mass is 10.0. The smallest absolute Gasteiger partial charge is 0.326 e. The number of aliphatic carboxylic acids is 1. The van der Waals surface area contributed by atoms with Crippen LogP contribution in [0.3, 0.4) is 0 Å². The highest BCUT2D eigenvalue weighted by Gasteiger charge is 2.31. The van der Waals surface area contributed by atoms with E-state index in [1.54, 1.807) is 18.3 Å². The number of rotatable bonds is 17. The zero-order chi connectivity index (χ0) is 39.5. The van der Waals surface area contributed by atoms with Crippen molar-refractivity contribution in [2.75, 3.05) is 0 Å². The molecule has 5 aromatic rings. The number of nitrogens with one attached hydrogen (secondary N) is 5. The summed E-state index contributed by atoms with van der Waals surface area (Å²) in [6, 6.07) is 22.5. The Morgan fingerprint density at radius 3 is 1.69 bits per heavy atom. The van der Waals surface area contributed by atoms with E-state index in [9.17, 15) is 39.3 Å². The monoisotopic (exact) mass is 748 g/mol. The Kier molecular flexibility index (Phi) is 13.2. The van der Waals surface area contributed by atoms with Gasteiger partial charge >= 0.3 is 5.97 Å². The highest BCUT2D eigenvalue weighted by Crippen LogP contribution is 2.20. The molecule has 0 aliphatic heterocycles. The number of hydrogen-bond donors (Lipinski definition) is 9. The number of para-hydroxylation sites is 1. The van der Waals surface area contributed by atoms with Crippen molar-refractivity contribution in [2.45, 2.75) is 62.8 Å². The minimum atomic E-state index is -1.34. The van der Waals surface area contributed by atoms with Crippen LogP contribution < -0.4 is 27.0 Å². The van der Waals surface area contributed by atoms with E-state index in [0.29, 0.717) is 16.7 Å². The molecule has 1 aromatic heterocycles. The highest BCUT2D eigenvalue weighted by molar-refractivity contribution is 5.96. The Hall–Kier alpha value is -6.67. The number of aromatic hydroxyl groups is 2. The minimum absolute atomic E-state index is 0.00552. The van der Waals surface area contributed by atoms with Crippen LogP contribution in [0.4, 0.5) is 0 Å². The first-order chi connectivity index (χ1) is 26.4. The summed E-state index contributed by atoms with van der Waals surface area (Å²) in [5, 5.41) is 40.6. The predicted molar refractivity (Wildman–Crippen MR) is 205 cm³/mol. The molecule has 0 spiro atoms. The largest absolute Gasteiger partial charge is 0.508 e. The number of phenols is 2. The molecule has 4 amide bonds. The number of hydrogen-bond acceptors (Lipinski definition) is 8. The van der Waals surface area contributed by atoms with E-state index in [1.807, 2.05) is 54.6 Å². The summed E-state index contributed by atoms with van der Waals surface area (Å²) in [4.78, 5) is 69.9. The van der Waals surface area contributed by atoms with Gasteiger partial charge in [0.2, 0.25) is 23.6 Å². The number of phenolic OH excluding ortho intramolecular Hbond substituents is 2. The third-order valence-corrected chi connectivity index (χ3v) is 9.12. The van der Waals surface area contributed by atoms with Crippen molar-refractivity contribution in [3.05, 3.63) is 132 Å². The Labute approximate surface area is 317 Å². The van der Waals surface area contributed by atoms with Gasteiger partial charge in [0.15, 0.2) is 0 Å². The molecule has 4 aromatic carbocycles. The summed E-state index contributed by atoms with van der Waals surface area (Å²) < 4.78 is 0. The molecule has 0 unspecified atom stereocenters. The Balaban J connectivity index is 1.35. The van der Waals surface area contributed by atoms with Crippen molar-refractivity contribution in [1.82, 2.24) is 26.3 Å². The molecule has 0 radical (unpaired) electrons. The molecule has 14 nitrogen and oxygen atoms in total. The van der Waals surface area contributed by atoms with E-state index < -0.39 is 59.8 Å². The topological polar surface area (TPSA) is 236 Å². The Morgan fingerprint density at radius 1 is 0.582 bits per heavy atom. The second-order valence-electron chi connectivity index (χ2n) is 13.4. The summed E-state index contributed by atoms with van der Waals surface area (Å²) in [5.74, 6) is -4.08. The molecule has 0 fully saturated rings. The van der Waals surface area contributed by atoms with Crippen LogP contribution in [-0.4, -0.2) is 80.1 Å². The van der Waals surface area contributed by atoms with Crippen molar-refractivity contribution in [1.29, 1.82) is 0 Å². The third kappa shape index (κ3) is 11.2. The maximum absolute atomic E-state index is 14.1. The zero-order valence-electron chi connectivity index (χ0n) is 30.1. The summed E-state index contributed by atoms with van der Waals surface area (Å²) in [6.45, 7) is 1.39. The van der Waals surface area contributed by atoms with E-state index in [4.69, 9.17) is 5.73 Å². The average molecular weight is 749 g/mol. The van der Waals surface area contributed by atoms with Gasteiger partial charge in [0, 0.05) is 36.4 Å². The summed E-state index contributed by atoms with van der Waals surface area (Å²) in [5.41, 5.74) is 9.74. The van der Waals surface area contributed by atoms with Gasteiger partial charge in [-0.05, 0) is 65.9 Å². The van der Waals surface area contributed by atoms with Crippen LogP contribution in [0.1, 0.15) is 29.2 Å². The predicted octanol–water partition coefficient (Wildman–Crippen LogP) is 2.22. The number of aromatic nitrogens is 1. The second-order valence-corrected chi connectivity index (χ2v) is 13.4. The summed E-state index contributed by atoms with van der Waals surface area (Å²) in [6.07, 6.45) is 1.83. The fraction of sp³-hybridized carbons (Fsp3) is 0.244. The maximum Gasteiger partial charge on any atom is 0.326 e. The molecular weight excluding hydrogens is 704 g/mol. The molecular formula is C41H44N6O8. The van der Waals surface area contributed by atoms with Gasteiger partial charge in [0.1, 0.15) is 35.7 Å². The SMILES string of the molecule is C[C@H](NC(=O)[C@H](Cc1c[nH]c2ccccc12)NC(=O)[C@H](Cc1ccc(O)cc1)NC(=O)[C@@H](N)Cc1ccccc1)C(=O)N[C@@H](Cc1ccc(O)cc1)C(=O)O. The van der Waals surface area contributed by atoms with Gasteiger partial charge in [0.05, 0.1) is 6.04 Å². The van der Waals surface area contributed by atoms with Crippen LogP contribution in [0.25, 0.3) is 10.9 Å². The molecule has 55 heavy (non-hydrogen) atoms. The van der Waals surface area contributed by atoms with Gasteiger partial charge in [-0.25, -0.2) is 4.79 Å². The molecule has 0 bridgehead atoms. The zero-order valence-corrected chi connectivity index (χ0v) is 30.1.